The van der Waals surface area contributed by atoms with Gasteiger partial charge in [-0.05, 0) is 23.8 Å². The van der Waals surface area contributed by atoms with Crippen molar-refractivity contribution < 1.29 is 5.11 Å². The maximum absolute atomic E-state index is 10.3. The summed E-state index contributed by atoms with van der Waals surface area (Å²) < 4.78 is 3.84. The third-order valence-electron chi connectivity index (χ3n) is 2.86. The first-order chi connectivity index (χ1) is 9.13. The predicted molar refractivity (Wildman–Crippen MR) is 83.6 cm³/mol. The van der Waals surface area contributed by atoms with E-state index in [1.54, 1.807) is 11.3 Å². The average molecular weight is 402 g/mol. The van der Waals surface area contributed by atoms with E-state index in [4.69, 9.17) is 0 Å². The second kappa shape index (κ2) is 5.36. The van der Waals surface area contributed by atoms with E-state index in [2.05, 4.69) is 36.8 Å². The predicted octanol–water partition coefficient (Wildman–Crippen LogP) is 4.20. The van der Waals surface area contributed by atoms with Crippen LogP contribution in [0.3, 0.4) is 0 Å². The van der Waals surface area contributed by atoms with Crippen molar-refractivity contribution in [3.05, 3.63) is 56.2 Å². The van der Waals surface area contributed by atoms with Crippen molar-refractivity contribution >= 4 is 48.2 Å². The van der Waals surface area contributed by atoms with Crippen LogP contribution >= 0.6 is 43.2 Å². The summed E-state index contributed by atoms with van der Waals surface area (Å²) in [5.41, 5.74) is 1.76. The number of aromatic nitrogens is 2. The van der Waals surface area contributed by atoms with E-state index in [1.165, 1.54) is 0 Å². The second-order valence-electron chi connectivity index (χ2n) is 4.21. The summed E-state index contributed by atoms with van der Waals surface area (Å²) in [6.45, 7) is 0. The van der Waals surface area contributed by atoms with E-state index in [0.717, 1.165) is 25.2 Å². The number of fused-ring (bicyclic) bond motifs is 1. The number of aliphatic hydroxyl groups excluding tert-OH is 1. The smallest absolute Gasteiger partial charge is 0.193 e. The number of thiazole rings is 1. The summed E-state index contributed by atoms with van der Waals surface area (Å²) in [4.78, 5) is 5.44. The zero-order chi connectivity index (χ0) is 13.4. The van der Waals surface area contributed by atoms with Crippen molar-refractivity contribution in [2.24, 2.45) is 0 Å². The van der Waals surface area contributed by atoms with Crippen molar-refractivity contribution in [1.82, 2.24) is 9.38 Å². The Labute approximate surface area is 131 Å². The fraction of sp³-hybridized carbons (Fsp3) is 0.154. The molecule has 6 heteroatoms. The van der Waals surface area contributed by atoms with Crippen LogP contribution in [-0.2, 0) is 6.42 Å². The average Bonchev–Trinajstić information content (AvgIpc) is 2.92. The Morgan fingerprint density at radius 3 is 3.00 bits per heavy atom. The minimum absolute atomic E-state index is 0.503. The van der Waals surface area contributed by atoms with Crippen molar-refractivity contribution in [1.29, 1.82) is 0 Å². The Morgan fingerprint density at radius 1 is 1.37 bits per heavy atom. The van der Waals surface area contributed by atoms with E-state index in [1.807, 2.05) is 40.4 Å². The molecule has 3 aromatic rings. The summed E-state index contributed by atoms with van der Waals surface area (Å²) in [5, 5.41) is 12.3. The SMILES string of the molecule is OC(Cc1cn2ccsc2n1)c1cc(Br)ccc1Br. The lowest BCUT2D eigenvalue weighted by atomic mass is 10.1. The number of hydrogen-bond donors (Lipinski definition) is 1. The first-order valence-corrected chi connectivity index (χ1v) is 8.14. The van der Waals surface area contributed by atoms with Gasteiger partial charge in [-0.2, -0.15) is 0 Å². The van der Waals surface area contributed by atoms with Crippen LogP contribution < -0.4 is 0 Å². The molecule has 0 amide bonds. The minimum Gasteiger partial charge on any atom is -0.388 e. The van der Waals surface area contributed by atoms with E-state index in [0.29, 0.717) is 6.42 Å². The number of nitrogens with zero attached hydrogens (tertiary/aromatic N) is 2. The summed E-state index contributed by atoms with van der Waals surface area (Å²) in [7, 11) is 0. The number of aliphatic hydroxyl groups is 1. The van der Waals surface area contributed by atoms with Gasteiger partial charge in [-0.1, -0.05) is 31.9 Å². The maximum Gasteiger partial charge on any atom is 0.193 e. The zero-order valence-corrected chi connectivity index (χ0v) is 13.7. The molecular weight excluding hydrogens is 392 g/mol. The zero-order valence-electron chi connectivity index (χ0n) is 9.75. The number of rotatable bonds is 3. The first-order valence-electron chi connectivity index (χ1n) is 5.67. The van der Waals surface area contributed by atoms with Gasteiger partial charge < -0.3 is 5.11 Å². The number of benzene rings is 1. The molecule has 1 N–H and O–H groups in total. The van der Waals surface area contributed by atoms with E-state index in [-0.39, 0.29) is 0 Å². The molecule has 0 aliphatic rings. The Balaban J connectivity index is 1.86. The van der Waals surface area contributed by atoms with Gasteiger partial charge in [-0.3, -0.25) is 4.40 Å². The van der Waals surface area contributed by atoms with Crippen LogP contribution in [0.1, 0.15) is 17.4 Å². The molecular formula is C13H10Br2N2OS. The summed E-state index contributed by atoms with van der Waals surface area (Å²) in [5.74, 6) is 0. The molecule has 3 nitrogen and oxygen atoms in total. The molecule has 1 atom stereocenters. The van der Waals surface area contributed by atoms with Gasteiger partial charge in [0.25, 0.3) is 0 Å². The topological polar surface area (TPSA) is 37.5 Å². The number of halogens is 2. The van der Waals surface area contributed by atoms with E-state index < -0.39 is 6.10 Å². The fourth-order valence-electron chi connectivity index (χ4n) is 1.95. The molecule has 98 valence electrons. The summed E-state index contributed by atoms with van der Waals surface area (Å²) >= 11 is 8.48. The monoisotopic (exact) mass is 400 g/mol. The van der Waals surface area contributed by atoms with Crippen molar-refractivity contribution in [2.45, 2.75) is 12.5 Å². The number of imidazole rings is 1. The molecule has 0 saturated carbocycles. The molecule has 1 unspecified atom stereocenters. The molecule has 1 aromatic carbocycles. The molecule has 19 heavy (non-hydrogen) atoms. The van der Waals surface area contributed by atoms with Gasteiger partial charge in [-0.15, -0.1) is 11.3 Å². The molecule has 0 fully saturated rings. The van der Waals surface area contributed by atoms with Gasteiger partial charge in [0.1, 0.15) is 0 Å². The lowest BCUT2D eigenvalue weighted by Crippen LogP contribution is -2.03. The van der Waals surface area contributed by atoms with Crippen LogP contribution in [0.25, 0.3) is 4.96 Å². The van der Waals surface area contributed by atoms with Gasteiger partial charge in [0.15, 0.2) is 4.96 Å². The lowest BCUT2D eigenvalue weighted by molar-refractivity contribution is 0.176. The van der Waals surface area contributed by atoms with Crippen molar-refractivity contribution in [3.63, 3.8) is 0 Å². The third kappa shape index (κ3) is 2.76. The largest absolute Gasteiger partial charge is 0.388 e. The number of hydrogen-bond acceptors (Lipinski definition) is 3. The van der Waals surface area contributed by atoms with Gasteiger partial charge in [0.2, 0.25) is 0 Å². The Hall–Kier alpha value is -0.690. The molecule has 0 spiro atoms. The highest BCUT2D eigenvalue weighted by Crippen LogP contribution is 2.29. The van der Waals surface area contributed by atoms with Gasteiger partial charge >= 0.3 is 0 Å². The van der Waals surface area contributed by atoms with Gasteiger partial charge in [0.05, 0.1) is 11.8 Å². The second-order valence-corrected chi connectivity index (χ2v) is 6.85. The first kappa shape index (κ1) is 13.3. The van der Waals surface area contributed by atoms with E-state index >= 15 is 0 Å². The molecule has 2 aromatic heterocycles. The van der Waals surface area contributed by atoms with Crippen LogP contribution in [0.4, 0.5) is 0 Å². The normalized spacial score (nSPS) is 13.0. The molecule has 3 rings (SSSR count). The third-order valence-corrected chi connectivity index (χ3v) is 4.85. The van der Waals surface area contributed by atoms with Gasteiger partial charge in [-0.25, -0.2) is 4.98 Å². The highest BCUT2D eigenvalue weighted by atomic mass is 79.9. The Morgan fingerprint density at radius 2 is 2.21 bits per heavy atom. The molecule has 0 bridgehead atoms. The minimum atomic E-state index is -0.573. The lowest BCUT2D eigenvalue weighted by Gasteiger charge is -2.12. The Bertz CT molecular complexity index is 694. The maximum atomic E-state index is 10.3. The van der Waals surface area contributed by atoms with Crippen molar-refractivity contribution in [3.8, 4) is 0 Å². The van der Waals surface area contributed by atoms with Crippen molar-refractivity contribution in [2.75, 3.05) is 0 Å². The highest BCUT2D eigenvalue weighted by molar-refractivity contribution is 9.11. The highest BCUT2D eigenvalue weighted by Gasteiger charge is 2.14. The standard InChI is InChI=1S/C13H10Br2N2OS/c14-8-1-2-11(15)10(5-8)12(18)6-9-7-17-3-4-19-13(17)16-9/h1-5,7,12,18H,6H2. The van der Waals surface area contributed by atoms with Crippen LogP contribution in [0.15, 0.2) is 44.9 Å². The van der Waals surface area contributed by atoms with Crippen LogP contribution in [0.2, 0.25) is 0 Å². The molecule has 0 aliphatic carbocycles. The summed E-state index contributed by atoms with van der Waals surface area (Å²) in [6.07, 6.45) is 3.86. The molecule has 2 heterocycles. The fourth-order valence-corrected chi connectivity index (χ4v) is 3.56. The summed E-state index contributed by atoms with van der Waals surface area (Å²) in [6, 6.07) is 5.79. The van der Waals surface area contributed by atoms with Gasteiger partial charge in [0, 0.05) is 33.1 Å². The quantitative estimate of drug-likeness (QED) is 0.714. The van der Waals surface area contributed by atoms with Crippen LogP contribution in [-0.4, -0.2) is 14.5 Å². The van der Waals surface area contributed by atoms with Crippen LogP contribution in [0, 0.1) is 0 Å². The van der Waals surface area contributed by atoms with E-state index in [9.17, 15) is 5.11 Å². The molecule has 0 saturated heterocycles. The van der Waals surface area contributed by atoms with Crippen LogP contribution in [0.5, 0.6) is 0 Å². The molecule has 0 aliphatic heterocycles. The Kier molecular flexibility index (Phi) is 3.75. The molecule has 0 radical (unpaired) electrons.